The van der Waals surface area contributed by atoms with Gasteiger partial charge in [-0.2, -0.15) is 0 Å². The number of nitrogens with two attached hydrogens (primary N) is 1. The van der Waals surface area contributed by atoms with Crippen LogP contribution in [0.25, 0.3) is 0 Å². The second-order valence-corrected chi connectivity index (χ2v) is 3.80. The summed E-state index contributed by atoms with van der Waals surface area (Å²) in [4.78, 5) is 0. The quantitative estimate of drug-likeness (QED) is 0.774. The maximum atomic E-state index is 5.56. The van der Waals surface area contributed by atoms with Crippen LogP contribution < -0.4 is 15.8 Å². The summed E-state index contributed by atoms with van der Waals surface area (Å²) in [5.74, 6) is 0.887. The molecule has 0 aliphatic carbocycles. The van der Waals surface area contributed by atoms with Crippen LogP contribution in [0.5, 0.6) is 5.75 Å². The molecular weight excluding hydrogens is 188 g/mol. The van der Waals surface area contributed by atoms with Crippen molar-refractivity contribution in [2.45, 2.75) is 25.9 Å². The molecule has 0 spiro atoms. The average Bonchev–Trinajstić information content (AvgIpc) is 2.29. The van der Waals surface area contributed by atoms with Gasteiger partial charge in [-0.25, -0.2) is 0 Å². The van der Waals surface area contributed by atoms with Crippen molar-refractivity contribution in [2.24, 2.45) is 5.73 Å². The van der Waals surface area contributed by atoms with E-state index >= 15 is 0 Å². The zero-order valence-corrected chi connectivity index (χ0v) is 9.66. The molecule has 3 nitrogen and oxygen atoms in total. The lowest BCUT2D eigenvalue weighted by molar-refractivity contribution is 0.414. The van der Waals surface area contributed by atoms with Crippen LogP contribution in [0.4, 0.5) is 0 Å². The first-order valence-corrected chi connectivity index (χ1v) is 5.27. The lowest BCUT2D eigenvalue weighted by Gasteiger charge is -2.19. The fourth-order valence-electron chi connectivity index (χ4n) is 1.48. The highest BCUT2D eigenvalue weighted by Crippen LogP contribution is 2.17. The zero-order valence-electron chi connectivity index (χ0n) is 9.66. The lowest BCUT2D eigenvalue weighted by Crippen LogP contribution is -2.34. The van der Waals surface area contributed by atoms with E-state index in [0.29, 0.717) is 18.6 Å². The SMILES string of the molecule is COc1ccc([C@H](C)NC(C)CN)cc1. The number of rotatable bonds is 5. The summed E-state index contributed by atoms with van der Waals surface area (Å²) in [6.45, 7) is 4.87. The highest BCUT2D eigenvalue weighted by Gasteiger charge is 2.07. The third kappa shape index (κ3) is 3.53. The van der Waals surface area contributed by atoms with Gasteiger partial charge < -0.3 is 15.8 Å². The largest absolute Gasteiger partial charge is 0.497 e. The Labute approximate surface area is 91.6 Å². The highest BCUT2D eigenvalue weighted by molar-refractivity contribution is 5.28. The van der Waals surface area contributed by atoms with Crippen molar-refractivity contribution >= 4 is 0 Å². The van der Waals surface area contributed by atoms with Gasteiger partial charge in [-0.15, -0.1) is 0 Å². The first-order chi connectivity index (χ1) is 7.17. The third-order valence-electron chi connectivity index (χ3n) is 2.50. The fraction of sp³-hybridized carbons (Fsp3) is 0.500. The summed E-state index contributed by atoms with van der Waals surface area (Å²) < 4.78 is 5.11. The fourth-order valence-corrected chi connectivity index (χ4v) is 1.48. The van der Waals surface area contributed by atoms with Gasteiger partial charge in [-0.1, -0.05) is 12.1 Å². The standard InChI is InChI=1S/C12H20N2O/c1-9(8-13)14-10(2)11-4-6-12(15-3)7-5-11/h4-7,9-10,14H,8,13H2,1-3H3/t9?,10-/m0/s1. The number of benzene rings is 1. The van der Waals surface area contributed by atoms with E-state index < -0.39 is 0 Å². The van der Waals surface area contributed by atoms with Crippen LogP contribution >= 0.6 is 0 Å². The predicted molar refractivity (Wildman–Crippen MR) is 63.1 cm³/mol. The number of ether oxygens (including phenoxy) is 1. The summed E-state index contributed by atoms with van der Waals surface area (Å²) in [6, 6.07) is 8.73. The molecule has 0 saturated carbocycles. The number of hydrogen-bond donors (Lipinski definition) is 2. The van der Waals surface area contributed by atoms with Gasteiger partial charge in [-0.3, -0.25) is 0 Å². The van der Waals surface area contributed by atoms with Crippen molar-refractivity contribution in [3.63, 3.8) is 0 Å². The molecule has 2 atom stereocenters. The molecule has 15 heavy (non-hydrogen) atoms. The molecule has 1 aromatic rings. The molecule has 0 heterocycles. The first kappa shape index (κ1) is 12.0. The Morgan fingerprint density at radius 3 is 2.33 bits per heavy atom. The van der Waals surface area contributed by atoms with Gasteiger partial charge in [-0.05, 0) is 31.5 Å². The second kappa shape index (κ2) is 5.73. The molecule has 0 amide bonds. The normalized spacial score (nSPS) is 14.7. The van der Waals surface area contributed by atoms with Crippen molar-refractivity contribution in [1.82, 2.24) is 5.32 Å². The van der Waals surface area contributed by atoms with E-state index in [0.717, 1.165) is 5.75 Å². The summed E-state index contributed by atoms with van der Waals surface area (Å²) in [5.41, 5.74) is 6.81. The van der Waals surface area contributed by atoms with Crippen LogP contribution in [0.2, 0.25) is 0 Å². The van der Waals surface area contributed by atoms with Crippen molar-refractivity contribution in [1.29, 1.82) is 0 Å². The number of hydrogen-bond acceptors (Lipinski definition) is 3. The van der Waals surface area contributed by atoms with Gasteiger partial charge in [0.15, 0.2) is 0 Å². The Balaban J connectivity index is 2.61. The summed E-state index contributed by atoms with van der Waals surface area (Å²) >= 11 is 0. The average molecular weight is 208 g/mol. The minimum atomic E-state index is 0.314. The van der Waals surface area contributed by atoms with Gasteiger partial charge in [0.25, 0.3) is 0 Å². The van der Waals surface area contributed by atoms with E-state index in [-0.39, 0.29) is 0 Å². The summed E-state index contributed by atoms with van der Waals surface area (Å²) in [6.07, 6.45) is 0. The minimum Gasteiger partial charge on any atom is -0.497 e. The molecule has 0 bridgehead atoms. The topological polar surface area (TPSA) is 47.3 Å². The van der Waals surface area contributed by atoms with Crippen molar-refractivity contribution in [3.8, 4) is 5.75 Å². The van der Waals surface area contributed by atoms with E-state index in [1.807, 2.05) is 12.1 Å². The van der Waals surface area contributed by atoms with Crippen LogP contribution in [0.15, 0.2) is 24.3 Å². The predicted octanol–water partition coefficient (Wildman–Crippen LogP) is 1.69. The molecule has 0 radical (unpaired) electrons. The van der Waals surface area contributed by atoms with E-state index in [1.165, 1.54) is 5.56 Å². The molecule has 0 saturated heterocycles. The monoisotopic (exact) mass is 208 g/mol. The molecule has 3 N–H and O–H groups in total. The van der Waals surface area contributed by atoms with Crippen molar-refractivity contribution in [2.75, 3.05) is 13.7 Å². The van der Waals surface area contributed by atoms with Crippen LogP contribution in [0.1, 0.15) is 25.5 Å². The smallest absolute Gasteiger partial charge is 0.118 e. The van der Waals surface area contributed by atoms with Crippen molar-refractivity contribution < 1.29 is 4.74 Å². The van der Waals surface area contributed by atoms with Crippen LogP contribution in [0.3, 0.4) is 0 Å². The van der Waals surface area contributed by atoms with Crippen molar-refractivity contribution in [3.05, 3.63) is 29.8 Å². The Bertz CT molecular complexity index is 284. The second-order valence-electron chi connectivity index (χ2n) is 3.80. The Morgan fingerprint density at radius 1 is 1.27 bits per heavy atom. The molecule has 3 heteroatoms. The van der Waals surface area contributed by atoms with E-state index in [2.05, 4.69) is 31.3 Å². The van der Waals surface area contributed by atoms with Gasteiger partial charge in [0.05, 0.1) is 7.11 Å². The lowest BCUT2D eigenvalue weighted by atomic mass is 10.1. The maximum absolute atomic E-state index is 5.56. The molecule has 1 unspecified atom stereocenters. The molecule has 1 aromatic carbocycles. The number of nitrogens with one attached hydrogen (secondary N) is 1. The molecule has 1 rings (SSSR count). The Morgan fingerprint density at radius 2 is 1.87 bits per heavy atom. The molecular formula is C12H20N2O. The summed E-state index contributed by atoms with van der Waals surface area (Å²) in [5, 5.41) is 3.42. The molecule has 0 fully saturated rings. The van der Waals surface area contributed by atoms with Crippen LogP contribution in [-0.2, 0) is 0 Å². The summed E-state index contributed by atoms with van der Waals surface area (Å²) in [7, 11) is 1.67. The Kier molecular flexibility index (Phi) is 4.59. The van der Waals surface area contributed by atoms with Gasteiger partial charge in [0, 0.05) is 18.6 Å². The van der Waals surface area contributed by atoms with Gasteiger partial charge >= 0.3 is 0 Å². The number of methoxy groups -OCH3 is 1. The molecule has 0 aromatic heterocycles. The van der Waals surface area contributed by atoms with Crippen LogP contribution in [0, 0.1) is 0 Å². The molecule has 84 valence electrons. The highest BCUT2D eigenvalue weighted by atomic mass is 16.5. The minimum absolute atomic E-state index is 0.314. The third-order valence-corrected chi connectivity index (χ3v) is 2.50. The van der Waals surface area contributed by atoms with E-state index in [9.17, 15) is 0 Å². The van der Waals surface area contributed by atoms with Gasteiger partial charge in [0.1, 0.15) is 5.75 Å². The van der Waals surface area contributed by atoms with E-state index in [1.54, 1.807) is 7.11 Å². The first-order valence-electron chi connectivity index (χ1n) is 5.27. The maximum Gasteiger partial charge on any atom is 0.118 e. The zero-order chi connectivity index (χ0) is 11.3. The molecule has 0 aliphatic heterocycles. The van der Waals surface area contributed by atoms with Crippen LogP contribution in [-0.4, -0.2) is 19.7 Å². The Hall–Kier alpha value is -1.06. The van der Waals surface area contributed by atoms with Gasteiger partial charge in [0.2, 0.25) is 0 Å². The van der Waals surface area contributed by atoms with E-state index in [4.69, 9.17) is 10.5 Å². The molecule has 0 aliphatic rings.